The molecule has 0 saturated carbocycles. The van der Waals surface area contributed by atoms with E-state index >= 15 is 0 Å². The summed E-state index contributed by atoms with van der Waals surface area (Å²) in [6, 6.07) is 6.88. The highest BCUT2D eigenvalue weighted by atomic mass is 32.2. The van der Waals surface area contributed by atoms with Gasteiger partial charge in [0.05, 0.1) is 0 Å². The van der Waals surface area contributed by atoms with Crippen molar-refractivity contribution in [2.75, 3.05) is 12.5 Å². The average Bonchev–Trinajstić information content (AvgIpc) is 2.04. The van der Waals surface area contributed by atoms with Crippen LogP contribution in [0, 0.1) is 6.92 Å². The fourth-order valence-corrected chi connectivity index (χ4v) is 2.45. The molecule has 1 rings (SSSR count). The van der Waals surface area contributed by atoms with E-state index in [1.165, 1.54) is 16.7 Å². The van der Waals surface area contributed by atoms with Gasteiger partial charge in [-0.1, -0.05) is 23.8 Å². The van der Waals surface area contributed by atoms with Crippen molar-refractivity contribution in [3.63, 3.8) is 0 Å². The van der Waals surface area contributed by atoms with Crippen LogP contribution in [0.1, 0.15) is 16.7 Å². The molecule has 0 aliphatic heterocycles. The lowest BCUT2D eigenvalue weighted by molar-refractivity contribution is 1.29. The quantitative estimate of drug-likeness (QED) is 0.746. The van der Waals surface area contributed by atoms with Crippen molar-refractivity contribution in [2.45, 2.75) is 18.4 Å². The van der Waals surface area contributed by atoms with Gasteiger partial charge in [-0.25, -0.2) is 0 Å². The van der Waals surface area contributed by atoms with Crippen molar-refractivity contribution < 1.29 is 0 Å². The molecule has 72 valence electrons. The summed E-state index contributed by atoms with van der Waals surface area (Å²) in [6.45, 7) is 2.17. The van der Waals surface area contributed by atoms with Gasteiger partial charge in [0.1, 0.15) is 0 Å². The van der Waals surface area contributed by atoms with Crippen molar-refractivity contribution in [1.82, 2.24) is 0 Å². The first-order valence-corrected chi connectivity index (χ1v) is 7.12. The summed E-state index contributed by atoms with van der Waals surface area (Å²) >= 11 is 3.77. The summed E-state index contributed by atoms with van der Waals surface area (Å²) in [5.74, 6) is 2.26. The lowest BCUT2D eigenvalue weighted by Gasteiger charge is -2.05. The standard InChI is InChI=1S/C11H16S2/c1-9-4-10(7-12-2)6-11(5-9)8-13-3/h4-6H,7-8H2,1-3H3. The monoisotopic (exact) mass is 212 g/mol. The minimum absolute atomic E-state index is 1.13. The molecule has 0 unspecified atom stereocenters. The first kappa shape index (κ1) is 11.0. The molecule has 0 fully saturated rings. The van der Waals surface area contributed by atoms with Crippen LogP contribution in [0.2, 0.25) is 0 Å². The van der Waals surface area contributed by atoms with Crippen LogP contribution in [-0.4, -0.2) is 12.5 Å². The van der Waals surface area contributed by atoms with Gasteiger partial charge in [0.25, 0.3) is 0 Å². The minimum Gasteiger partial charge on any atom is -0.161 e. The van der Waals surface area contributed by atoms with E-state index in [1.54, 1.807) is 0 Å². The normalized spacial score (nSPS) is 10.4. The van der Waals surface area contributed by atoms with Gasteiger partial charge in [0, 0.05) is 11.5 Å². The van der Waals surface area contributed by atoms with Gasteiger partial charge in [-0.05, 0) is 30.6 Å². The number of aryl methyl sites for hydroxylation is 1. The summed E-state index contributed by atoms with van der Waals surface area (Å²) in [7, 11) is 0. The lowest BCUT2D eigenvalue weighted by atomic mass is 10.1. The molecular weight excluding hydrogens is 196 g/mol. The molecule has 1 aromatic carbocycles. The van der Waals surface area contributed by atoms with Crippen LogP contribution in [0.15, 0.2) is 18.2 Å². The van der Waals surface area contributed by atoms with Crippen LogP contribution in [0.5, 0.6) is 0 Å². The predicted octanol–water partition coefficient (Wildman–Crippen LogP) is 3.72. The Morgan fingerprint density at radius 2 is 1.38 bits per heavy atom. The molecule has 0 saturated heterocycles. The highest BCUT2D eigenvalue weighted by molar-refractivity contribution is 7.98. The van der Waals surface area contributed by atoms with Crippen LogP contribution in [0.4, 0.5) is 0 Å². The van der Waals surface area contributed by atoms with Crippen molar-refractivity contribution >= 4 is 23.5 Å². The Kier molecular flexibility index (Phi) is 4.74. The number of rotatable bonds is 4. The number of benzene rings is 1. The molecule has 13 heavy (non-hydrogen) atoms. The Labute approximate surface area is 89.5 Å². The molecule has 0 atom stereocenters. The van der Waals surface area contributed by atoms with Crippen LogP contribution in [-0.2, 0) is 11.5 Å². The maximum absolute atomic E-state index is 2.32. The molecule has 0 bridgehead atoms. The third-order valence-corrected chi connectivity index (χ3v) is 3.06. The minimum atomic E-state index is 1.13. The first-order valence-electron chi connectivity index (χ1n) is 4.33. The Bertz CT molecular complexity index is 245. The summed E-state index contributed by atoms with van der Waals surface area (Å²) in [4.78, 5) is 0. The number of hydrogen-bond acceptors (Lipinski definition) is 2. The van der Waals surface area contributed by atoms with Crippen LogP contribution < -0.4 is 0 Å². The van der Waals surface area contributed by atoms with Gasteiger partial charge in [0.15, 0.2) is 0 Å². The summed E-state index contributed by atoms with van der Waals surface area (Å²) in [6.07, 6.45) is 4.30. The van der Waals surface area contributed by atoms with Gasteiger partial charge in [-0.2, -0.15) is 23.5 Å². The fourth-order valence-electron chi connectivity index (χ4n) is 1.45. The third-order valence-electron chi connectivity index (χ3n) is 1.82. The Morgan fingerprint density at radius 3 is 1.77 bits per heavy atom. The lowest BCUT2D eigenvalue weighted by Crippen LogP contribution is -1.87. The van der Waals surface area contributed by atoms with Crippen molar-refractivity contribution in [3.05, 3.63) is 34.9 Å². The van der Waals surface area contributed by atoms with E-state index in [0.717, 1.165) is 11.5 Å². The molecule has 1 aromatic rings. The van der Waals surface area contributed by atoms with Crippen LogP contribution in [0.25, 0.3) is 0 Å². The predicted molar refractivity (Wildman–Crippen MR) is 65.6 cm³/mol. The molecule has 0 aliphatic rings. The van der Waals surface area contributed by atoms with E-state index in [1.807, 2.05) is 23.5 Å². The molecule has 0 radical (unpaired) electrons. The average molecular weight is 212 g/mol. The molecule has 0 amide bonds. The van der Waals surface area contributed by atoms with E-state index in [2.05, 4.69) is 37.6 Å². The Hall–Kier alpha value is -0.0800. The van der Waals surface area contributed by atoms with Crippen molar-refractivity contribution in [2.24, 2.45) is 0 Å². The molecule has 0 N–H and O–H groups in total. The van der Waals surface area contributed by atoms with E-state index in [0.29, 0.717) is 0 Å². The number of thioether (sulfide) groups is 2. The van der Waals surface area contributed by atoms with Crippen molar-refractivity contribution in [1.29, 1.82) is 0 Å². The summed E-state index contributed by atoms with van der Waals surface area (Å²) < 4.78 is 0. The third kappa shape index (κ3) is 3.65. The van der Waals surface area contributed by atoms with Crippen LogP contribution >= 0.6 is 23.5 Å². The van der Waals surface area contributed by atoms with Crippen LogP contribution in [0.3, 0.4) is 0 Å². The van der Waals surface area contributed by atoms with Gasteiger partial charge >= 0.3 is 0 Å². The van der Waals surface area contributed by atoms with Gasteiger partial charge in [0.2, 0.25) is 0 Å². The maximum atomic E-state index is 2.32. The maximum Gasteiger partial charge on any atom is 0.0181 e. The first-order chi connectivity index (χ1) is 6.26. The molecular formula is C11H16S2. The highest BCUT2D eigenvalue weighted by Crippen LogP contribution is 2.17. The fraction of sp³-hybridized carbons (Fsp3) is 0.455. The summed E-state index contributed by atoms with van der Waals surface area (Å²) in [5.41, 5.74) is 4.30. The molecule has 0 aromatic heterocycles. The smallest absolute Gasteiger partial charge is 0.0181 e. The van der Waals surface area contributed by atoms with Crippen molar-refractivity contribution in [3.8, 4) is 0 Å². The molecule has 2 heteroatoms. The molecule has 0 nitrogen and oxygen atoms in total. The van der Waals surface area contributed by atoms with E-state index in [-0.39, 0.29) is 0 Å². The number of hydrogen-bond donors (Lipinski definition) is 0. The second-order valence-electron chi connectivity index (χ2n) is 3.19. The highest BCUT2D eigenvalue weighted by Gasteiger charge is 1.97. The van der Waals surface area contributed by atoms with Gasteiger partial charge < -0.3 is 0 Å². The molecule has 0 aliphatic carbocycles. The van der Waals surface area contributed by atoms with E-state index in [4.69, 9.17) is 0 Å². The molecule has 0 heterocycles. The zero-order valence-electron chi connectivity index (χ0n) is 8.46. The summed E-state index contributed by atoms with van der Waals surface area (Å²) in [5, 5.41) is 0. The second kappa shape index (κ2) is 5.61. The molecule has 0 spiro atoms. The Balaban J connectivity index is 2.83. The van der Waals surface area contributed by atoms with E-state index in [9.17, 15) is 0 Å². The largest absolute Gasteiger partial charge is 0.161 e. The SMILES string of the molecule is CSCc1cc(C)cc(CSC)c1. The Morgan fingerprint density at radius 1 is 0.923 bits per heavy atom. The van der Waals surface area contributed by atoms with Gasteiger partial charge in [-0.3, -0.25) is 0 Å². The van der Waals surface area contributed by atoms with E-state index < -0.39 is 0 Å². The van der Waals surface area contributed by atoms with Gasteiger partial charge in [-0.15, -0.1) is 0 Å². The second-order valence-corrected chi connectivity index (χ2v) is 4.92. The topological polar surface area (TPSA) is 0 Å². The zero-order chi connectivity index (χ0) is 9.68. The zero-order valence-corrected chi connectivity index (χ0v) is 10.1.